The molecule has 0 aliphatic rings. The fraction of sp³-hybridized carbons (Fsp3) is 0.438. The summed E-state index contributed by atoms with van der Waals surface area (Å²) in [6.45, 7) is 1.99. The minimum Gasteiger partial charge on any atom is -0.481 e. The van der Waals surface area contributed by atoms with E-state index in [-0.39, 0.29) is 12.8 Å². The van der Waals surface area contributed by atoms with Crippen molar-refractivity contribution in [3.8, 4) is 0 Å². The summed E-state index contributed by atoms with van der Waals surface area (Å²) >= 11 is 3.25. The predicted octanol–water partition coefficient (Wildman–Crippen LogP) is 2.88. The van der Waals surface area contributed by atoms with Crippen LogP contribution in [0.2, 0.25) is 0 Å². The van der Waals surface area contributed by atoms with Crippen molar-refractivity contribution in [1.82, 2.24) is 10.9 Å². The Kier molecular flexibility index (Phi) is 8.32. The number of hydrogen-bond acceptors (Lipinski definition) is 3. The molecule has 0 radical (unpaired) electrons. The molecule has 3 N–H and O–H groups in total. The molecule has 0 saturated heterocycles. The summed E-state index contributed by atoms with van der Waals surface area (Å²) in [5, 5.41) is 9.10. The smallest absolute Gasteiger partial charge is 0.306 e. The van der Waals surface area contributed by atoms with E-state index >= 15 is 0 Å². The minimum absolute atomic E-state index is 0.0525. The molecule has 0 aromatic heterocycles. The molecular formula is C16H21BrN2O4. The number of carboxylic acids is 1. The number of carbonyl (C=O) groups excluding carboxylic acids is 2. The predicted molar refractivity (Wildman–Crippen MR) is 89.6 cm³/mol. The number of amides is 2. The van der Waals surface area contributed by atoms with Crippen molar-refractivity contribution >= 4 is 33.7 Å². The first kappa shape index (κ1) is 19.2. The van der Waals surface area contributed by atoms with Crippen LogP contribution in [0.25, 0.3) is 0 Å². The first-order chi connectivity index (χ1) is 11.0. The van der Waals surface area contributed by atoms with E-state index in [0.29, 0.717) is 16.5 Å². The molecule has 7 heteroatoms. The Labute approximate surface area is 143 Å². The Balaban J connectivity index is 2.40. The van der Waals surface area contributed by atoms with Crippen LogP contribution in [0.3, 0.4) is 0 Å². The van der Waals surface area contributed by atoms with Gasteiger partial charge in [-0.3, -0.25) is 25.2 Å². The maximum Gasteiger partial charge on any atom is 0.306 e. The second-order valence-corrected chi connectivity index (χ2v) is 6.05. The fourth-order valence-electron chi connectivity index (χ4n) is 2.05. The van der Waals surface area contributed by atoms with Crippen molar-refractivity contribution in [2.24, 2.45) is 5.92 Å². The van der Waals surface area contributed by atoms with E-state index in [4.69, 9.17) is 5.11 Å². The van der Waals surface area contributed by atoms with Crippen LogP contribution in [0, 0.1) is 5.92 Å². The Hall–Kier alpha value is -1.89. The molecule has 0 unspecified atom stereocenters. The van der Waals surface area contributed by atoms with Gasteiger partial charge in [0.25, 0.3) is 5.91 Å². The summed E-state index contributed by atoms with van der Waals surface area (Å²) in [5.41, 5.74) is 5.03. The Morgan fingerprint density at radius 2 is 1.87 bits per heavy atom. The molecule has 0 aliphatic carbocycles. The largest absolute Gasteiger partial charge is 0.481 e. The lowest BCUT2D eigenvalue weighted by molar-refractivity contribution is -0.142. The van der Waals surface area contributed by atoms with Crippen molar-refractivity contribution in [2.75, 3.05) is 0 Å². The van der Waals surface area contributed by atoms with Crippen molar-refractivity contribution in [3.63, 3.8) is 0 Å². The van der Waals surface area contributed by atoms with Gasteiger partial charge < -0.3 is 5.11 Å². The van der Waals surface area contributed by atoms with Gasteiger partial charge in [0, 0.05) is 10.9 Å². The molecule has 0 fully saturated rings. The molecule has 1 atom stereocenters. The second-order valence-electron chi connectivity index (χ2n) is 5.20. The molecule has 1 aromatic carbocycles. The van der Waals surface area contributed by atoms with Gasteiger partial charge in [0.05, 0.1) is 11.5 Å². The number of nitrogens with one attached hydrogen (secondary N) is 2. The number of unbranched alkanes of at least 4 members (excludes halogenated alkanes) is 1. The Morgan fingerprint density at radius 3 is 2.48 bits per heavy atom. The minimum atomic E-state index is -0.886. The Morgan fingerprint density at radius 1 is 1.17 bits per heavy atom. The lowest BCUT2D eigenvalue weighted by Gasteiger charge is -2.12. The summed E-state index contributed by atoms with van der Waals surface area (Å²) < 4.78 is 0.622. The van der Waals surface area contributed by atoms with E-state index in [1.165, 1.54) is 0 Å². The van der Waals surface area contributed by atoms with Gasteiger partial charge in [0.1, 0.15) is 0 Å². The molecule has 6 nitrogen and oxygen atoms in total. The molecule has 1 aromatic rings. The van der Waals surface area contributed by atoms with Crippen molar-refractivity contribution < 1.29 is 19.5 Å². The van der Waals surface area contributed by atoms with Gasteiger partial charge in [-0.2, -0.15) is 0 Å². The number of hydrazine groups is 1. The van der Waals surface area contributed by atoms with E-state index in [0.717, 1.165) is 12.8 Å². The third kappa shape index (κ3) is 6.81. The summed E-state index contributed by atoms with van der Waals surface area (Å²) in [6.07, 6.45) is 2.60. The molecular weight excluding hydrogens is 364 g/mol. The third-order valence-electron chi connectivity index (χ3n) is 3.41. The van der Waals surface area contributed by atoms with E-state index < -0.39 is 23.7 Å². The highest BCUT2D eigenvalue weighted by molar-refractivity contribution is 9.10. The maximum absolute atomic E-state index is 11.9. The lowest BCUT2D eigenvalue weighted by Crippen LogP contribution is -2.41. The number of rotatable bonds is 8. The Bertz CT molecular complexity index is 563. The average Bonchev–Trinajstić information content (AvgIpc) is 2.52. The number of benzene rings is 1. The molecule has 0 spiro atoms. The highest BCUT2D eigenvalue weighted by Crippen LogP contribution is 2.16. The summed E-state index contributed by atoms with van der Waals surface area (Å²) in [4.78, 5) is 34.7. The van der Waals surface area contributed by atoms with Crippen LogP contribution in [-0.2, 0) is 9.59 Å². The van der Waals surface area contributed by atoms with Crippen molar-refractivity contribution in [2.45, 2.75) is 39.0 Å². The van der Waals surface area contributed by atoms with E-state index in [9.17, 15) is 14.4 Å². The quantitative estimate of drug-likeness (QED) is 0.600. The van der Waals surface area contributed by atoms with Crippen LogP contribution in [0.4, 0.5) is 0 Å². The molecule has 23 heavy (non-hydrogen) atoms. The highest BCUT2D eigenvalue weighted by Gasteiger charge is 2.18. The first-order valence-electron chi connectivity index (χ1n) is 7.52. The van der Waals surface area contributed by atoms with Gasteiger partial charge in [0.15, 0.2) is 0 Å². The van der Waals surface area contributed by atoms with Gasteiger partial charge in [-0.25, -0.2) is 0 Å². The summed E-state index contributed by atoms with van der Waals surface area (Å²) in [5.74, 6) is -2.26. The molecule has 0 bridgehead atoms. The highest BCUT2D eigenvalue weighted by atomic mass is 79.9. The number of hydrogen-bond donors (Lipinski definition) is 3. The van der Waals surface area contributed by atoms with Crippen LogP contribution < -0.4 is 10.9 Å². The van der Waals surface area contributed by atoms with E-state index in [1.807, 2.05) is 6.92 Å². The second kappa shape index (κ2) is 9.99. The zero-order valence-electron chi connectivity index (χ0n) is 13.0. The monoisotopic (exact) mass is 384 g/mol. The standard InChI is InChI=1S/C16H21BrN2O4/c1-2-3-6-11(16(22)23)9-10-14(20)18-19-15(21)12-7-4-5-8-13(12)17/h4-5,7-8,11H,2-3,6,9-10H2,1H3,(H,18,20)(H,19,21)(H,22,23)/t11-/m0/s1. The molecule has 126 valence electrons. The molecule has 0 heterocycles. The van der Waals surface area contributed by atoms with E-state index in [2.05, 4.69) is 26.8 Å². The molecule has 0 saturated carbocycles. The van der Waals surface area contributed by atoms with Crippen LogP contribution in [0.1, 0.15) is 49.4 Å². The van der Waals surface area contributed by atoms with Crippen LogP contribution in [0.15, 0.2) is 28.7 Å². The molecule has 2 amide bonds. The van der Waals surface area contributed by atoms with Gasteiger partial charge in [-0.05, 0) is 40.9 Å². The van der Waals surface area contributed by atoms with Crippen molar-refractivity contribution in [1.29, 1.82) is 0 Å². The average molecular weight is 385 g/mol. The fourth-order valence-corrected chi connectivity index (χ4v) is 2.51. The zero-order valence-corrected chi connectivity index (χ0v) is 14.6. The topological polar surface area (TPSA) is 95.5 Å². The van der Waals surface area contributed by atoms with Crippen LogP contribution in [-0.4, -0.2) is 22.9 Å². The van der Waals surface area contributed by atoms with Gasteiger partial charge in [-0.15, -0.1) is 0 Å². The number of carboxylic acid groups (broad SMARTS) is 1. The molecule has 0 aliphatic heterocycles. The van der Waals surface area contributed by atoms with Crippen molar-refractivity contribution in [3.05, 3.63) is 34.3 Å². The normalized spacial score (nSPS) is 11.6. The third-order valence-corrected chi connectivity index (χ3v) is 4.10. The number of halogens is 1. The lowest BCUT2D eigenvalue weighted by atomic mass is 9.97. The van der Waals surface area contributed by atoms with E-state index in [1.54, 1.807) is 24.3 Å². The first-order valence-corrected chi connectivity index (χ1v) is 8.31. The maximum atomic E-state index is 11.9. The van der Waals surface area contributed by atoms with Gasteiger partial charge in [0.2, 0.25) is 5.91 Å². The van der Waals surface area contributed by atoms with Gasteiger partial charge >= 0.3 is 5.97 Å². The van der Waals surface area contributed by atoms with Gasteiger partial charge in [-0.1, -0.05) is 31.9 Å². The SMILES string of the molecule is CCCC[C@@H](CCC(=O)NNC(=O)c1ccccc1Br)C(=O)O. The zero-order chi connectivity index (χ0) is 17.2. The van der Waals surface area contributed by atoms with Crippen LogP contribution in [0.5, 0.6) is 0 Å². The number of carbonyl (C=O) groups is 3. The number of aliphatic carboxylic acids is 1. The van der Waals surface area contributed by atoms with Crippen LogP contribution >= 0.6 is 15.9 Å². The summed E-state index contributed by atoms with van der Waals surface area (Å²) in [6, 6.07) is 6.84. The summed E-state index contributed by atoms with van der Waals surface area (Å²) in [7, 11) is 0. The molecule has 1 rings (SSSR count).